The Kier molecular flexibility index (Phi) is 5.09. The van der Waals surface area contributed by atoms with Crippen molar-refractivity contribution < 1.29 is 22.4 Å². The van der Waals surface area contributed by atoms with Crippen LogP contribution in [-0.4, -0.2) is 28.0 Å². The van der Waals surface area contributed by atoms with E-state index >= 15 is 0 Å². The van der Waals surface area contributed by atoms with Crippen molar-refractivity contribution in [3.05, 3.63) is 53.8 Å². The third-order valence-electron chi connectivity index (χ3n) is 4.05. The molecule has 3 rings (SSSR count). The van der Waals surface area contributed by atoms with E-state index in [9.17, 15) is 13.2 Å². The van der Waals surface area contributed by atoms with Gasteiger partial charge in [-0.2, -0.15) is 0 Å². The first-order valence-electron chi connectivity index (χ1n) is 8.34. The van der Waals surface area contributed by atoms with Crippen molar-refractivity contribution in [1.29, 1.82) is 0 Å². The zero-order chi connectivity index (χ0) is 19.6. The van der Waals surface area contributed by atoms with E-state index in [2.05, 4.69) is 10.0 Å². The van der Waals surface area contributed by atoms with Gasteiger partial charge in [0.1, 0.15) is 17.1 Å². The fraction of sp³-hybridized carbons (Fsp3) is 0.211. The number of ether oxygens (including phenoxy) is 1. The lowest BCUT2D eigenvalue weighted by Gasteiger charge is -2.09. The van der Waals surface area contributed by atoms with Crippen LogP contribution in [0.4, 0.5) is 5.69 Å². The molecule has 8 heteroatoms. The molecule has 7 nitrogen and oxygen atoms in total. The number of benzene rings is 2. The van der Waals surface area contributed by atoms with Gasteiger partial charge in [0.15, 0.2) is 0 Å². The molecule has 0 unspecified atom stereocenters. The Morgan fingerprint density at radius 3 is 2.48 bits per heavy atom. The lowest BCUT2D eigenvalue weighted by atomic mass is 10.1. The van der Waals surface area contributed by atoms with Crippen molar-refractivity contribution in [2.45, 2.75) is 18.7 Å². The summed E-state index contributed by atoms with van der Waals surface area (Å²) in [5, 5.41) is 3.29. The van der Waals surface area contributed by atoms with Crippen LogP contribution in [0.15, 0.2) is 51.8 Å². The molecule has 2 N–H and O–H groups in total. The zero-order valence-electron chi connectivity index (χ0n) is 15.2. The molecular formula is C19H20N2O5S. The summed E-state index contributed by atoms with van der Waals surface area (Å²) in [5.41, 5.74) is 1.25. The third-order valence-corrected chi connectivity index (χ3v) is 5.45. The molecule has 0 bridgehead atoms. The molecule has 0 saturated heterocycles. The number of fused-ring (bicyclic) bond motifs is 1. The summed E-state index contributed by atoms with van der Waals surface area (Å²) >= 11 is 0. The standard InChI is InChI=1S/C19H20N2O5S/c1-4-20-19(22)18-12(2)26-17-10-5-13(11-16(17)18)21-27(23,24)15-8-6-14(25-3)7-9-15/h5-11,21H,4H2,1-3H3,(H,20,22). The number of amides is 1. The van der Waals surface area contributed by atoms with Crippen LogP contribution in [0.1, 0.15) is 23.0 Å². The van der Waals surface area contributed by atoms with E-state index in [-0.39, 0.29) is 10.8 Å². The van der Waals surface area contributed by atoms with Gasteiger partial charge in [0.2, 0.25) is 0 Å². The van der Waals surface area contributed by atoms with Crippen LogP contribution in [0.5, 0.6) is 5.75 Å². The minimum Gasteiger partial charge on any atom is -0.497 e. The average molecular weight is 388 g/mol. The highest BCUT2D eigenvalue weighted by Gasteiger charge is 2.20. The number of rotatable bonds is 6. The van der Waals surface area contributed by atoms with Crippen molar-refractivity contribution in [2.24, 2.45) is 0 Å². The van der Waals surface area contributed by atoms with Crippen LogP contribution in [0.3, 0.4) is 0 Å². The van der Waals surface area contributed by atoms with E-state index in [1.807, 2.05) is 6.92 Å². The molecule has 1 aromatic heterocycles. The molecule has 0 aliphatic carbocycles. The van der Waals surface area contributed by atoms with Gasteiger partial charge in [0.05, 0.1) is 17.6 Å². The molecule has 1 heterocycles. The SMILES string of the molecule is CCNC(=O)c1c(C)oc2ccc(NS(=O)(=O)c3ccc(OC)cc3)cc12. The van der Waals surface area contributed by atoms with Crippen LogP contribution in [0.25, 0.3) is 11.0 Å². The first-order chi connectivity index (χ1) is 12.9. The van der Waals surface area contributed by atoms with Gasteiger partial charge in [-0.05, 0) is 56.3 Å². The Bertz CT molecular complexity index is 1090. The summed E-state index contributed by atoms with van der Waals surface area (Å²) in [6.45, 7) is 4.00. The number of furan rings is 1. The second-order valence-electron chi connectivity index (χ2n) is 5.88. The van der Waals surface area contributed by atoms with E-state index < -0.39 is 10.0 Å². The predicted octanol–water partition coefficient (Wildman–Crippen LogP) is 3.30. The Hall–Kier alpha value is -3.00. The number of carbonyl (C=O) groups is 1. The van der Waals surface area contributed by atoms with Crippen molar-refractivity contribution in [3.8, 4) is 5.75 Å². The minimum absolute atomic E-state index is 0.107. The van der Waals surface area contributed by atoms with E-state index in [0.29, 0.717) is 40.3 Å². The van der Waals surface area contributed by atoms with Gasteiger partial charge in [-0.15, -0.1) is 0 Å². The van der Waals surface area contributed by atoms with Crippen molar-refractivity contribution >= 4 is 32.6 Å². The Morgan fingerprint density at radius 2 is 1.85 bits per heavy atom. The number of hydrogen-bond acceptors (Lipinski definition) is 5. The molecule has 0 spiro atoms. The first kappa shape index (κ1) is 18.8. The van der Waals surface area contributed by atoms with Crippen LogP contribution >= 0.6 is 0 Å². The number of carbonyl (C=O) groups excluding carboxylic acids is 1. The van der Waals surface area contributed by atoms with E-state index in [1.165, 1.54) is 19.2 Å². The number of aryl methyl sites for hydroxylation is 1. The number of anilines is 1. The highest BCUT2D eigenvalue weighted by molar-refractivity contribution is 7.92. The molecule has 0 atom stereocenters. The van der Waals surface area contributed by atoms with Crippen molar-refractivity contribution in [1.82, 2.24) is 5.32 Å². The van der Waals surface area contributed by atoms with Crippen molar-refractivity contribution in [3.63, 3.8) is 0 Å². The molecule has 0 radical (unpaired) electrons. The van der Waals surface area contributed by atoms with E-state index in [4.69, 9.17) is 9.15 Å². The molecule has 1 amide bonds. The summed E-state index contributed by atoms with van der Waals surface area (Å²) in [6.07, 6.45) is 0. The third kappa shape index (κ3) is 3.75. The smallest absolute Gasteiger partial charge is 0.261 e. The highest BCUT2D eigenvalue weighted by Crippen LogP contribution is 2.29. The maximum atomic E-state index is 12.6. The topological polar surface area (TPSA) is 97.6 Å². The van der Waals surface area contributed by atoms with Gasteiger partial charge in [-0.1, -0.05) is 0 Å². The summed E-state index contributed by atoms with van der Waals surface area (Å²) in [4.78, 5) is 12.4. The predicted molar refractivity (Wildman–Crippen MR) is 103 cm³/mol. The molecule has 142 valence electrons. The van der Waals surface area contributed by atoms with Gasteiger partial charge in [0.25, 0.3) is 15.9 Å². The molecule has 0 fully saturated rings. The van der Waals surface area contributed by atoms with Crippen LogP contribution in [-0.2, 0) is 10.0 Å². The fourth-order valence-corrected chi connectivity index (χ4v) is 3.83. The molecule has 0 aliphatic rings. The Balaban J connectivity index is 1.96. The van der Waals surface area contributed by atoms with Gasteiger partial charge in [-0.25, -0.2) is 8.42 Å². The minimum atomic E-state index is -3.78. The second kappa shape index (κ2) is 7.32. The Labute approximate surface area is 157 Å². The van der Waals surface area contributed by atoms with Gasteiger partial charge in [-0.3, -0.25) is 9.52 Å². The van der Waals surface area contributed by atoms with Crippen LogP contribution in [0, 0.1) is 6.92 Å². The Morgan fingerprint density at radius 1 is 1.15 bits per heavy atom. The molecule has 2 aromatic carbocycles. The summed E-state index contributed by atoms with van der Waals surface area (Å²) in [5.74, 6) is 0.783. The van der Waals surface area contributed by atoms with Crippen molar-refractivity contribution in [2.75, 3.05) is 18.4 Å². The lowest BCUT2D eigenvalue weighted by molar-refractivity contribution is 0.0955. The van der Waals surface area contributed by atoms with Gasteiger partial charge in [0, 0.05) is 17.6 Å². The first-order valence-corrected chi connectivity index (χ1v) is 9.82. The summed E-state index contributed by atoms with van der Waals surface area (Å²) in [6, 6.07) is 10.9. The normalized spacial score (nSPS) is 11.4. The number of hydrogen-bond donors (Lipinski definition) is 2. The largest absolute Gasteiger partial charge is 0.497 e. The molecular weight excluding hydrogens is 368 g/mol. The number of nitrogens with one attached hydrogen (secondary N) is 2. The zero-order valence-corrected chi connectivity index (χ0v) is 16.0. The molecule has 27 heavy (non-hydrogen) atoms. The maximum absolute atomic E-state index is 12.6. The number of methoxy groups -OCH3 is 1. The van der Waals surface area contributed by atoms with Crippen LogP contribution < -0.4 is 14.8 Å². The van der Waals surface area contributed by atoms with Gasteiger partial charge >= 0.3 is 0 Å². The molecule has 3 aromatic rings. The summed E-state index contributed by atoms with van der Waals surface area (Å²) in [7, 11) is -2.27. The maximum Gasteiger partial charge on any atom is 0.261 e. The fourth-order valence-electron chi connectivity index (χ4n) is 2.78. The van der Waals surface area contributed by atoms with Crippen LogP contribution in [0.2, 0.25) is 0 Å². The molecule has 0 saturated carbocycles. The average Bonchev–Trinajstić information content (AvgIpc) is 2.96. The summed E-state index contributed by atoms with van der Waals surface area (Å²) < 4.78 is 38.4. The highest BCUT2D eigenvalue weighted by atomic mass is 32.2. The van der Waals surface area contributed by atoms with E-state index in [1.54, 1.807) is 37.3 Å². The quantitative estimate of drug-likeness (QED) is 0.675. The lowest BCUT2D eigenvalue weighted by Crippen LogP contribution is -2.23. The molecule has 0 aliphatic heterocycles. The van der Waals surface area contributed by atoms with E-state index in [0.717, 1.165) is 0 Å². The monoisotopic (exact) mass is 388 g/mol. The van der Waals surface area contributed by atoms with Gasteiger partial charge < -0.3 is 14.5 Å². The second-order valence-corrected chi connectivity index (χ2v) is 7.57. The number of sulfonamides is 1.